The average molecular weight is 583 g/mol. The van der Waals surface area contributed by atoms with E-state index in [9.17, 15) is 19.2 Å². The number of benzene rings is 2. The van der Waals surface area contributed by atoms with Crippen LogP contribution in [0.15, 0.2) is 54.6 Å². The molecule has 0 spiro atoms. The van der Waals surface area contributed by atoms with Gasteiger partial charge in [-0.3, -0.25) is 14.4 Å². The monoisotopic (exact) mass is 582 g/mol. The highest BCUT2D eigenvalue weighted by atomic mass is 16.6. The summed E-state index contributed by atoms with van der Waals surface area (Å²) in [5.74, 6) is -0.986. The molecule has 4 N–H and O–H groups in total. The summed E-state index contributed by atoms with van der Waals surface area (Å²) in [7, 11) is 0. The molecule has 0 radical (unpaired) electrons. The van der Waals surface area contributed by atoms with Crippen molar-refractivity contribution in [2.24, 2.45) is 0 Å². The first-order valence-corrected chi connectivity index (χ1v) is 14.4. The Bertz CT molecular complexity index is 1150. The molecule has 0 fully saturated rings. The van der Waals surface area contributed by atoms with Gasteiger partial charge in [0.25, 0.3) is 0 Å². The standard InChI is InChI=1S/C32H46N4O6/c1-22(2)34-28(20-24-12-8-7-9-13-24)30(39)36-27(14-10-11-19-33-31(40)42-32(4,5)6)29(38)35-26-17-15-25(16-18-26)21-41-23(3)37/h7-9,12-13,15-18,22,27-28,34H,10-11,14,19-21H2,1-6H3,(H,33,40)(H,35,38)(H,36,39)/t27-,28-/m0/s1. The summed E-state index contributed by atoms with van der Waals surface area (Å²) in [5, 5.41) is 11.9. The third-order valence-electron chi connectivity index (χ3n) is 6.02. The molecule has 0 heterocycles. The molecular weight excluding hydrogens is 536 g/mol. The number of carbonyl (C=O) groups excluding carboxylic acids is 4. The third-order valence-corrected chi connectivity index (χ3v) is 6.02. The van der Waals surface area contributed by atoms with Gasteiger partial charge in [0.05, 0.1) is 6.04 Å². The highest BCUT2D eigenvalue weighted by molar-refractivity contribution is 5.97. The first kappa shape index (κ1) is 34.3. The summed E-state index contributed by atoms with van der Waals surface area (Å²) < 4.78 is 10.3. The number of esters is 1. The Labute approximate surface area is 249 Å². The van der Waals surface area contributed by atoms with Crippen LogP contribution in [0.2, 0.25) is 0 Å². The van der Waals surface area contributed by atoms with Crippen LogP contribution in [0.3, 0.4) is 0 Å². The first-order chi connectivity index (χ1) is 19.8. The number of nitrogens with one attached hydrogen (secondary N) is 4. The molecule has 230 valence electrons. The second-order valence-electron chi connectivity index (χ2n) is 11.5. The maximum atomic E-state index is 13.5. The molecule has 0 aliphatic carbocycles. The van der Waals surface area contributed by atoms with Crippen LogP contribution in [-0.4, -0.2) is 54.1 Å². The molecule has 0 unspecified atom stereocenters. The van der Waals surface area contributed by atoms with Crippen molar-refractivity contribution in [1.82, 2.24) is 16.0 Å². The molecule has 10 nitrogen and oxygen atoms in total. The second-order valence-corrected chi connectivity index (χ2v) is 11.5. The SMILES string of the molecule is CC(=O)OCc1ccc(NC(=O)[C@H](CCCCNC(=O)OC(C)(C)C)NC(=O)[C@H](Cc2ccccc2)NC(C)C)cc1. The minimum absolute atomic E-state index is 0.0566. The van der Waals surface area contributed by atoms with Crippen molar-refractivity contribution in [3.63, 3.8) is 0 Å². The highest BCUT2D eigenvalue weighted by Gasteiger charge is 2.26. The molecule has 2 rings (SSSR count). The van der Waals surface area contributed by atoms with E-state index in [0.717, 1.165) is 11.1 Å². The normalized spacial score (nSPS) is 12.6. The molecule has 42 heavy (non-hydrogen) atoms. The molecule has 2 aromatic rings. The molecule has 0 saturated carbocycles. The Hall–Kier alpha value is -3.92. The average Bonchev–Trinajstić information content (AvgIpc) is 2.90. The largest absolute Gasteiger partial charge is 0.461 e. The maximum absolute atomic E-state index is 13.5. The number of carbonyl (C=O) groups is 4. The number of hydrogen-bond donors (Lipinski definition) is 4. The molecule has 3 amide bonds. The quantitative estimate of drug-likeness (QED) is 0.180. The lowest BCUT2D eigenvalue weighted by atomic mass is 10.0. The topological polar surface area (TPSA) is 135 Å². The Morgan fingerprint density at radius 1 is 0.833 bits per heavy atom. The number of rotatable bonds is 15. The Morgan fingerprint density at radius 2 is 1.50 bits per heavy atom. The van der Waals surface area contributed by atoms with Crippen LogP contribution in [0.5, 0.6) is 0 Å². The summed E-state index contributed by atoms with van der Waals surface area (Å²) in [5.41, 5.74) is 1.76. The van der Waals surface area contributed by atoms with Gasteiger partial charge >= 0.3 is 12.1 Å². The van der Waals surface area contributed by atoms with Gasteiger partial charge in [0.2, 0.25) is 11.8 Å². The maximum Gasteiger partial charge on any atom is 0.407 e. The van der Waals surface area contributed by atoms with E-state index in [1.165, 1.54) is 6.92 Å². The fourth-order valence-corrected chi connectivity index (χ4v) is 4.10. The number of anilines is 1. The van der Waals surface area contributed by atoms with Crippen LogP contribution in [-0.2, 0) is 36.9 Å². The van der Waals surface area contributed by atoms with Crippen LogP contribution in [0.4, 0.5) is 10.5 Å². The van der Waals surface area contributed by atoms with E-state index in [2.05, 4.69) is 21.3 Å². The van der Waals surface area contributed by atoms with Crippen molar-refractivity contribution in [3.05, 3.63) is 65.7 Å². The molecule has 10 heteroatoms. The molecular formula is C32H46N4O6. The number of amides is 3. The van der Waals surface area contributed by atoms with Crippen molar-refractivity contribution >= 4 is 29.6 Å². The van der Waals surface area contributed by atoms with Crippen LogP contribution < -0.4 is 21.3 Å². The predicted molar refractivity (Wildman–Crippen MR) is 163 cm³/mol. The van der Waals surface area contributed by atoms with Gasteiger partial charge in [-0.2, -0.15) is 0 Å². The fourth-order valence-electron chi connectivity index (χ4n) is 4.10. The van der Waals surface area contributed by atoms with E-state index in [-0.39, 0.29) is 30.4 Å². The zero-order valence-electron chi connectivity index (χ0n) is 25.6. The number of alkyl carbamates (subject to hydrolysis) is 1. The van der Waals surface area contributed by atoms with Crippen molar-refractivity contribution in [3.8, 4) is 0 Å². The summed E-state index contributed by atoms with van der Waals surface area (Å²) >= 11 is 0. The minimum atomic E-state index is -0.799. The highest BCUT2D eigenvalue weighted by Crippen LogP contribution is 2.13. The zero-order valence-corrected chi connectivity index (χ0v) is 25.6. The lowest BCUT2D eigenvalue weighted by molar-refractivity contribution is -0.142. The molecule has 2 atom stereocenters. The molecule has 0 saturated heterocycles. The predicted octanol–water partition coefficient (Wildman–Crippen LogP) is 4.48. The summed E-state index contributed by atoms with van der Waals surface area (Å²) in [6.45, 7) is 11.2. The van der Waals surface area contributed by atoms with E-state index in [4.69, 9.17) is 9.47 Å². The minimum Gasteiger partial charge on any atom is -0.461 e. The molecule has 0 bridgehead atoms. The van der Waals surface area contributed by atoms with E-state index < -0.39 is 23.8 Å². The lowest BCUT2D eigenvalue weighted by Crippen LogP contribution is -2.53. The summed E-state index contributed by atoms with van der Waals surface area (Å²) in [6, 6.07) is 15.4. The Kier molecular flexibility index (Phi) is 14.0. The van der Waals surface area contributed by atoms with Crippen molar-refractivity contribution in [2.75, 3.05) is 11.9 Å². The number of hydrogen-bond acceptors (Lipinski definition) is 7. The Balaban J connectivity index is 2.08. The van der Waals surface area contributed by atoms with E-state index in [0.29, 0.717) is 37.9 Å². The van der Waals surface area contributed by atoms with Gasteiger partial charge in [-0.15, -0.1) is 0 Å². The lowest BCUT2D eigenvalue weighted by Gasteiger charge is -2.25. The molecule has 0 aromatic heterocycles. The van der Waals surface area contributed by atoms with Gasteiger partial charge in [0.1, 0.15) is 18.2 Å². The van der Waals surface area contributed by atoms with Gasteiger partial charge in [-0.1, -0.05) is 56.3 Å². The van der Waals surface area contributed by atoms with E-state index in [1.807, 2.05) is 44.2 Å². The molecule has 2 aromatic carbocycles. The van der Waals surface area contributed by atoms with Gasteiger partial charge < -0.3 is 30.7 Å². The smallest absolute Gasteiger partial charge is 0.407 e. The van der Waals surface area contributed by atoms with Crippen molar-refractivity contribution < 1.29 is 28.7 Å². The zero-order chi connectivity index (χ0) is 31.1. The second kappa shape index (κ2) is 17.1. The number of unbranched alkanes of at least 4 members (excludes halogenated alkanes) is 1. The van der Waals surface area contributed by atoms with Crippen molar-refractivity contribution in [2.45, 2.75) is 97.6 Å². The summed E-state index contributed by atoms with van der Waals surface area (Å²) in [6.07, 6.45) is 1.53. The Morgan fingerprint density at radius 3 is 2.10 bits per heavy atom. The third kappa shape index (κ3) is 14.1. The summed E-state index contributed by atoms with van der Waals surface area (Å²) in [4.78, 5) is 49.8. The van der Waals surface area contributed by atoms with E-state index in [1.54, 1.807) is 45.0 Å². The number of ether oxygens (including phenoxy) is 2. The first-order valence-electron chi connectivity index (χ1n) is 14.4. The van der Waals surface area contributed by atoms with Gasteiger partial charge in [-0.25, -0.2) is 4.79 Å². The molecule has 0 aliphatic heterocycles. The van der Waals surface area contributed by atoms with E-state index >= 15 is 0 Å². The fraction of sp³-hybridized carbons (Fsp3) is 0.500. The van der Waals surface area contributed by atoms with Crippen LogP contribution in [0, 0.1) is 0 Å². The van der Waals surface area contributed by atoms with Gasteiger partial charge in [0.15, 0.2) is 0 Å². The van der Waals surface area contributed by atoms with Gasteiger partial charge in [-0.05, 0) is 69.7 Å². The molecule has 0 aliphatic rings. The van der Waals surface area contributed by atoms with Crippen LogP contribution in [0.25, 0.3) is 0 Å². The van der Waals surface area contributed by atoms with Crippen LogP contribution >= 0.6 is 0 Å². The van der Waals surface area contributed by atoms with Crippen LogP contribution in [0.1, 0.15) is 71.9 Å². The van der Waals surface area contributed by atoms with Gasteiger partial charge in [0, 0.05) is 25.2 Å². The van der Waals surface area contributed by atoms with Crippen molar-refractivity contribution in [1.29, 1.82) is 0 Å².